The third-order valence-corrected chi connectivity index (χ3v) is 4.86. The van der Waals surface area contributed by atoms with Crippen molar-refractivity contribution in [3.63, 3.8) is 0 Å². The summed E-state index contributed by atoms with van der Waals surface area (Å²) in [6, 6.07) is 31.0. The normalized spacial score (nSPS) is 8.79. The maximum absolute atomic E-state index is 10.8. The molecule has 0 atom stereocenters. The Hall–Kier alpha value is -1.93. The van der Waals surface area contributed by atoms with E-state index in [1.54, 1.807) is 6.07 Å². The summed E-state index contributed by atoms with van der Waals surface area (Å²) in [4.78, 5) is 0. The molecule has 4 heteroatoms. The Kier molecular flexibility index (Phi) is 17.6. The summed E-state index contributed by atoms with van der Waals surface area (Å²) in [7, 11) is 0. The van der Waals surface area contributed by atoms with E-state index in [4.69, 9.17) is 0 Å². The van der Waals surface area contributed by atoms with Crippen molar-refractivity contribution in [2.24, 2.45) is 0 Å². The fourth-order valence-corrected chi connectivity index (χ4v) is 3.41. The predicted octanol–water partition coefficient (Wildman–Crippen LogP) is 4.63. The molecule has 2 radical (unpaired) electrons. The van der Waals surface area contributed by atoms with Crippen LogP contribution in [0.3, 0.4) is 0 Å². The Balaban J connectivity index is 0. The van der Waals surface area contributed by atoms with Crippen molar-refractivity contribution < 1.29 is 40.8 Å². The molecule has 0 N–H and O–H groups in total. The first kappa shape index (κ1) is 34.2. The van der Waals surface area contributed by atoms with Crippen molar-refractivity contribution in [1.29, 1.82) is 0 Å². The molecule has 5 rings (SSSR count). The van der Waals surface area contributed by atoms with Gasteiger partial charge < -0.3 is 32.4 Å². The molecule has 5 aromatic carbocycles. The first-order valence-corrected chi connectivity index (χ1v) is 14.3. The van der Waals surface area contributed by atoms with Crippen LogP contribution in [0.5, 0.6) is 5.75 Å². The number of benzene rings is 3. The van der Waals surface area contributed by atoms with Crippen LogP contribution in [0.4, 0.5) is 0 Å². The van der Waals surface area contributed by atoms with Crippen LogP contribution >= 0.6 is 0 Å². The molecule has 0 spiro atoms. The average molecular weight is 564 g/mol. The molecule has 34 heavy (non-hydrogen) atoms. The summed E-state index contributed by atoms with van der Waals surface area (Å²) in [5.74, 6) is 0.126. The van der Waals surface area contributed by atoms with Gasteiger partial charge in [0.15, 0.2) is 0 Å². The fourth-order valence-electron chi connectivity index (χ4n) is 3.41. The Morgan fingerprint density at radius 1 is 0.647 bits per heavy atom. The quantitative estimate of drug-likeness (QED) is 0.199. The van der Waals surface area contributed by atoms with Gasteiger partial charge in [-0.25, -0.2) is 0 Å². The summed E-state index contributed by atoms with van der Waals surface area (Å²) in [6.45, 7) is 11.1. The zero-order chi connectivity index (χ0) is 22.8. The summed E-state index contributed by atoms with van der Waals surface area (Å²) < 4.78 is 0. The number of fused-ring (bicyclic) bond motifs is 2. The monoisotopic (exact) mass is 562 g/mol. The van der Waals surface area contributed by atoms with Gasteiger partial charge in [0, 0.05) is 0 Å². The molecule has 0 saturated carbocycles. The van der Waals surface area contributed by atoms with Crippen LogP contribution in [-0.4, -0.2) is 6.88 Å². The summed E-state index contributed by atoms with van der Waals surface area (Å²) in [5, 5.41) is 16.2. The molecule has 0 saturated heterocycles. The van der Waals surface area contributed by atoms with Gasteiger partial charge in [-0.3, -0.25) is 0 Å². The molecule has 0 heterocycles. The van der Waals surface area contributed by atoms with Gasteiger partial charge in [0.2, 0.25) is 0 Å². The second-order valence-electron chi connectivity index (χ2n) is 7.59. The van der Waals surface area contributed by atoms with E-state index in [9.17, 15) is 5.11 Å². The van der Waals surface area contributed by atoms with Crippen LogP contribution < -0.4 is 17.5 Å². The number of hydrogen-bond acceptors (Lipinski definition) is 1. The van der Waals surface area contributed by atoms with Crippen LogP contribution in [0.15, 0.2) is 91.0 Å². The van der Waals surface area contributed by atoms with Crippen molar-refractivity contribution >= 4 is 28.4 Å². The van der Waals surface area contributed by atoms with E-state index >= 15 is 0 Å². The first-order chi connectivity index (χ1) is 14.9. The SMILES string of the molecule is Cc1cc2ccccc2[cH-]1.Cc1cc2ccccc2[cH-]1.Cc1ccc([O-])c(C)c1.[CH3-].[CH3-].[Cl-].[Si]=[Zr]. The van der Waals surface area contributed by atoms with Gasteiger partial charge in [0.1, 0.15) is 0 Å². The van der Waals surface area contributed by atoms with Gasteiger partial charge in [-0.15, -0.1) is 87.0 Å². The summed E-state index contributed by atoms with van der Waals surface area (Å²) in [5.41, 5.74) is 4.67. The van der Waals surface area contributed by atoms with Gasteiger partial charge in [-0.05, 0) is 13.8 Å². The van der Waals surface area contributed by atoms with E-state index in [0.29, 0.717) is 0 Å². The molecule has 0 aliphatic carbocycles. The third kappa shape index (κ3) is 10.6. The minimum atomic E-state index is 0. The number of halogens is 1. The van der Waals surface area contributed by atoms with E-state index in [1.807, 2.05) is 26.0 Å². The molecule has 1 nitrogen and oxygen atoms in total. The minimum absolute atomic E-state index is 0. The Morgan fingerprint density at radius 2 is 1.06 bits per heavy atom. The van der Waals surface area contributed by atoms with Gasteiger partial charge in [0.25, 0.3) is 0 Å². The van der Waals surface area contributed by atoms with Crippen LogP contribution in [-0.2, 0) is 23.3 Å². The molecule has 180 valence electrons. The summed E-state index contributed by atoms with van der Waals surface area (Å²) in [6.07, 6.45) is 0. The molecular weight excluding hydrogens is 531 g/mol. The van der Waals surface area contributed by atoms with Crippen molar-refractivity contribution in [2.45, 2.75) is 27.7 Å². The van der Waals surface area contributed by atoms with E-state index in [-0.39, 0.29) is 33.0 Å². The summed E-state index contributed by atoms with van der Waals surface area (Å²) >= 11 is 1.36. The third-order valence-electron chi connectivity index (χ3n) is 4.86. The molecule has 0 amide bonds. The van der Waals surface area contributed by atoms with Gasteiger partial charge in [-0.2, -0.15) is 12.1 Å². The van der Waals surface area contributed by atoms with E-state index in [0.717, 1.165) is 11.1 Å². The Morgan fingerprint density at radius 3 is 1.41 bits per heavy atom. The number of hydrogen-bond donors (Lipinski definition) is 0. The molecule has 0 aromatic heterocycles. The van der Waals surface area contributed by atoms with Crippen molar-refractivity contribution in [3.8, 4) is 5.75 Å². The van der Waals surface area contributed by atoms with E-state index < -0.39 is 0 Å². The molecule has 0 unspecified atom stereocenters. The average Bonchev–Trinajstić information content (AvgIpc) is 3.33. The maximum atomic E-state index is 10.8. The molecule has 5 aromatic rings. The van der Waals surface area contributed by atoms with Crippen molar-refractivity contribution in [1.82, 2.24) is 0 Å². The Bertz CT molecular complexity index is 1100. The van der Waals surface area contributed by atoms with Crippen LogP contribution in [0.2, 0.25) is 0 Å². The zero-order valence-electron chi connectivity index (χ0n) is 20.9. The van der Waals surface area contributed by atoms with Gasteiger partial charge >= 0.3 is 30.2 Å². The number of aryl methyl sites for hydroxylation is 4. The molecule has 0 aliphatic rings. The standard InChI is InChI=1S/2C10H9.C8H10O.2CH3.ClH.Si.Zr/c2*1-8-6-9-4-2-3-5-10(9)7-8;1-6-3-4-8(9)7(2)5-6;;;;;/h2*2-7H,1H3;3-5,9H,1-2H3;2*1H3;1H;;/q2*-1;;2*-1;;;/p-2. The fraction of sp³-hybridized carbons (Fsp3) is 0.133. The predicted molar refractivity (Wildman–Crippen MR) is 142 cm³/mol. The second-order valence-corrected chi connectivity index (χ2v) is 7.59. The van der Waals surface area contributed by atoms with Crippen molar-refractivity contribution in [2.75, 3.05) is 0 Å². The first-order valence-electron chi connectivity index (χ1n) is 10.2. The van der Waals surface area contributed by atoms with Gasteiger partial charge in [-0.1, -0.05) is 55.3 Å². The van der Waals surface area contributed by atoms with E-state index in [2.05, 4.69) is 93.5 Å². The molecule has 0 aliphatic heterocycles. The topological polar surface area (TPSA) is 23.1 Å². The zero-order valence-corrected chi connectivity index (χ0v) is 25.2. The van der Waals surface area contributed by atoms with Gasteiger partial charge in [0.05, 0.1) is 0 Å². The Labute approximate surface area is 229 Å². The van der Waals surface area contributed by atoms with E-state index in [1.165, 1.54) is 56.0 Å². The molecular formula is C30H33ClOSiZr-6. The number of rotatable bonds is 0. The van der Waals surface area contributed by atoms with Crippen molar-refractivity contribution in [3.05, 3.63) is 128 Å². The van der Waals surface area contributed by atoms with Crippen LogP contribution in [0, 0.1) is 42.5 Å². The van der Waals surface area contributed by atoms with Crippen LogP contribution in [0.25, 0.3) is 21.5 Å². The van der Waals surface area contributed by atoms with Crippen LogP contribution in [0.1, 0.15) is 22.3 Å². The molecule has 0 fully saturated rings. The second kappa shape index (κ2) is 17.5. The molecule has 0 bridgehead atoms.